The van der Waals surface area contributed by atoms with E-state index in [0.29, 0.717) is 0 Å². The highest BCUT2D eigenvalue weighted by molar-refractivity contribution is 7.90. The van der Waals surface area contributed by atoms with Gasteiger partial charge in [-0.2, -0.15) is 13.2 Å². The number of amides is 2. The maximum absolute atomic E-state index is 12.6. The molecule has 24 heavy (non-hydrogen) atoms. The van der Waals surface area contributed by atoms with Crippen LogP contribution >= 0.6 is 11.6 Å². The Labute approximate surface area is 139 Å². The van der Waals surface area contributed by atoms with Crippen LogP contribution in [-0.4, -0.2) is 37.1 Å². The van der Waals surface area contributed by atoms with Gasteiger partial charge in [0.1, 0.15) is 0 Å². The number of alkyl halides is 3. The van der Waals surface area contributed by atoms with E-state index < -0.39 is 43.5 Å². The van der Waals surface area contributed by atoms with E-state index in [-0.39, 0.29) is 12.6 Å². The van der Waals surface area contributed by atoms with Gasteiger partial charge in [0.15, 0.2) is 0 Å². The third kappa shape index (κ3) is 4.36. The Morgan fingerprint density at radius 2 is 1.79 bits per heavy atom. The molecule has 1 rings (SSSR count). The second-order valence-corrected chi connectivity index (χ2v) is 6.92. The van der Waals surface area contributed by atoms with Gasteiger partial charge in [-0.05, 0) is 25.1 Å². The van der Waals surface area contributed by atoms with E-state index in [1.54, 1.807) is 10.0 Å². The first-order valence-electron chi connectivity index (χ1n) is 6.12. The van der Waals surface area contributed by atoms with Gasteiger partial charge in [-0.15, -0.1) is 0 Å². The molecule has 0 aliphatic carbocycles. The Morgan fingerprint density at radius 1 is 1.25 bits per heavy atom. The number of carbonyl (C=O) groups excluding carboxylic acids is 2. The van der Waals surface area contributed by atoms with Gasteiger partial charge < -0.3 is 10.4 Å². The van der Waals surface area contributed by atoms with Gasteiger partial charge in [-0.3, -0.25) is 9.59 Å². The molecule has 0 fully saturated rings. The molecule has 0 aromatic heterocycles. The zero-order valence-electron chi connectivity index (χ0n) is 12.2. The van der Waals surface area contributed by atoms with Crippen LogP contribution in [0.2, 0.25) is 5.02 Å². The van der Waals surface area contributed by atoms with E-state index >= 15 is 0 Å². The summed E-state index contributed by atoms with van der Waals surface area (Å²) in [6.07, 6.45) is -5.22. The average Bonchev–Trinajstić information content (AvgIpc) is 2.37. The standard InChI is InChI=1S/C12H12ClF3N2O5S/c1-6(19)18-24(22,23)7-3-4-9(8(13)5-7)17-10(20)11(2,21)12(14,15)16/h3-5,21H,1-2H3,(H,17,20)(H,18,19)/t11-/m1/s1. The van der Waals surface area contributed by atoms with Crippen molar-refractivity contribution in [3.05, 3.63) is 23.2 Å². The van der Waals surface area contributed by atoms with Gasteiger partial charge >= 0.3 is 6.18 Å². The van der Waals surface area contributed by atoms with E-state index in [1.165, 1.54) is 0 Å². The van der Waals surface area contributed by atoms with Gasteiger partial charge in [0.2, 0.25) is 11.5 Å². The van der Waals surface area contributed by atoms with E-state index in [9.17, 15) is 36.3 Å². The molecule has 0 saturated heterocycles. The van der Waals surface area contributed by atoms with Crippen molar-refractivity contribution < 1.29 is 36.3 Å². The summed E-state index contributed by atoms with van der Waals surface area (Å²) in [5.74, 6) is -2.65. The van der Waals surface area contributed by atoms with E-state index in [1.807, 2.05) is 0 Å². The summed E-state index contributed by atoms with van der Waals surface area (Å²) in [6.45, 7) is 1.22. The summed E-state index contributed by atoms with van der Waals surface area (Å²) < 4.78 is 62.9. The van der Waals surface area contributed by atoms with Gasteiger partial charge in [0, 0.05) is 6.92 Å². The van der Waals surface area contributed by atoms with Crippen molar-refractivity contribution in [1.29, 1.82) is 0 Å². The lowest BCUT2D eigenvalue weighted by atomic mass is 10.1. The Hall–Kier alpha value is -1.85. The fraction of sp³-hybridized carbons (Fsp3) is 0.333. The second-order valence-electron chi connectivity index (χ2n) is 4.83. The van der Waals surface area contributed by atoms with Crippen molar-refractivity contribution in [2.24, 2.45) is 0 Å². The summed E-state index contributed by atoms with van der Waals surface area (Å²) in [5.41, 5.74) is -4.02. The number of aliphatic hydroxyl groups is 1. The average molecular weight is 389 g/mol. The highest BCUT2D eigenvalue weighted by Crippen LogP contribution is 2.32. The number of halogens is 4. The topological polar surface area (TPSA) is 113 Å². The monoisotopic (exact) mass is 388 g/mol. The van der Waals surface area contributed by atoms with Crippen molar-refractivity contribution in [3.63, 3.8) is 0 Å². The number of nitrogens with one attached hydrogen (secondary N) is 2. The Bertz CT molecular complexity index is 777. The zero-order valence-corrected chi connectivity index (χ0v) is 13.8. The van der Waals surface area contributed by atoms with Crippen molar-refractivity contribution >= 4 is 39.1 Å². The molecule has 1 aromatic carbocycles. The van der Waals surface area contributed by atoms with Crippen molar-refractivity contribution in [3.8, 4) is 0 Å². The molecule has 12 heteroatoms. The third-order valence-corrected chi connectivity index (χ3v) is 4.51. The number of anilines is 1. The van der Waals surface area contributed by atoms with Crippen molar-refractivity contribution in [1.82, 2.24) is 4.72 Å². The highest BCUT2D eigenvalue weighted by atomic mass is 35.5. The van der Waals surface area contributed by atoms with Crippen LogP contribution in [-0.2, 0) is 19.6 Å². The summed E-state index contributed by atoms with van der Waals surface area (Å²) in [7, 11) is -4.20. The fourth-order valence-electron chi connectivity index (χ4n) is 1.39. The first kappa shape index (κ1) is 20.2. The zero-order chi connectivity index (χ0) is 18.9. The maximum atomic E-state index is 12.6. The second kappa shape index (κ2) is 6.57. The minimum Gasteiger partial charge on any atom is -0.373 e. The molecule has 1 atom stereocenters. The molecule has 7 nitrogen and oxygen atoms in total. The predicted molar refractivity (Wildman–Crippen MR) is 77.8 cm³/mol. The molecule has 0 saturated carbocycles. The molecule has 0 heterocycles. The lowest BCUT2D eigenvalue weighted by molar-refractivity contribution is -0.242. The first-order chi connectivity index (χ1) is 10.7. The molecule has 0 unspecified atom stereocenters. The molecule has 0 aliphatic rings. The number of hydrogen-bond donors (Lipinski definition) is 3. The first-order valence-corrected chi connectivity index (χ1v) is 7.98. The molecule has 134 valence electrons. The van der Waals surface area contributed by atoms with Crippen LogP contribution in [0, 0.1) is 0 Å². The Kier molecular flexibility index (Phi) is 5.53. The summed E-state index contributed by atoms with van der Waals surface area (Å²) in [4.78, 5) is 21.9. The number of hydrogen-bond acceptors (Lipinski definition) is 5. The van der Waals surface area contributed by atoms with Crippen molar-refractivity contribution in [2.75, 3.05) is 5.32 Å². The van der Waals surface area contributed by atoms with Crippen LogP contribution < -0.4 is 10.0 Å². The van der Waals surface area contributed by atoms with Gasteiger partial charge in [0.05, 0.1) is 15.6 Å². The van der Waals surface area contributed by atoms with E-state index in [2.05, 4.69) is 0 Å². The SMILES string of the molecule is CC(=O)NS(=O)(=O)c1ccc(NC(=O)[C@@](C)(O)C(F)(F)F)c(Cl)c1. The van der Waals surface area contributed by atoms with Gasteiger partial charge in [-0.1, -0.05) is 11.6 Å². The van der Waals surface area contributed by atoms with Crippen LogP contribution in [0.4, 0.5) is 18.9 Å². The van der Waals surface area contributed by atoms with E-state index in [4.69, 9.17) is 11.6 Å². The molecular weight excluding hydrogens is 377 g/mol. The van der Waals surface area contributed by atoms with Crippen LogP contribution in [0.1, 0.15) is 13.8 Å². The molecule has 0 spiro atoms. The van der Waals surface area contributed by atoms with Crippen LogP contribution in [0.5, 0.6) is 0 Å². The largest absolute Gasteiger partial charge is 0.426 e. The molecule has 3 N–H and O–H groups in total. The highest BCUT2D eigenvalue weighted by Gasteiger charge is 2.55. The third-order valence-electron chi connectivity index (χ3n) is 2.77. The summed E-state index contributed by atoms with van der Waals surface area (Å²) >= 11 is 5.73. The minimum absolute atomic E-state index is 0.256. The minimum atomic E-state index is -5.22. The number of benzene rings is 1. The quantitative estimate of drug-likeness (QED) is 0.722. The maximum Gasteiger partial charge on any atom is 0.426 e. The normalized spacial score (nSPS) is 14.6. The number of rotatable bonds is 4. The van der Waals surface area contributed by atoms with Crippen LogP contribution in [0.15, 0.2) is 23.1 Å². The van der Waals surface area contributed by atoms with Crippen LogP contribution in [0.3, 0.4) is 0 Å². The van der Waals surface area contributed by atoms with Crippen LogP contribution in [0.25, 0.3) is 0 Å². The lowest BCUT2D eigenvalue weighted by Crippen LogP contribution is -2.52. The molecule has 0 aliphatic heterocycles. The molecule has 1 aromatic rings. The Balaban J connectivity index is 3.10. The molecule has 2 amide bonds. The van der Waals surface area contributed by atoms with Crippen molar-refractivity contribution in [2.45, 2.75) is 30.5 Å². The van der Waals surface area contributed by atoms with Gasteiger partial charge in [-0.25, -0.2) is 13.1 Å². The smallest absolute Gasteiger partial charge is 0.373 e. The molecule has 0 bridgehead atoms. The fourth-order valence-corrected chi connectivity index (χ4v) is 2.69. The van der Waals surface area contributed by atoms with E-state index in [0.717, 1.165) is 25.1 Å². The molecular formula is C12H12ClF3N2O5S. The Morgan fingerprint density at radius 3 is 2.21 bits per heavy atom. The molecule has 0 radical (unpaired) electrons. The number of sulfonamides is 1. The summed E-state index contributed by atoms with van der Waals surface area (Å²) in [6, 6.07) is 2.65. The predicted octanol–water partition coefficient (Wildman–Crippen LogP) is 1.42. The lowest BCUT2D eigenvalue weighted by Gasteiger charge is -2.25. The van der Waals surface area contributed by atoms with Gasteiger partial charge in [0.25, 0.3) is 15.9 Å². The number of carbonyl (C=O) groups is 2. The summed E-state index contributed by atoms with van der Waals surface area (Å²) in [5, 5.41) is 10.6.